The minimum atomic E-state index is -3.74. The zero-order valence-corrected chi connectivity index (χ0v) is 19.2. The van der Waals surface area contributed by atoms with Gasteiger partial charge < -0.3 is 18.8 Å². The monoisotopic (exact) mass is 462 g/mol. The molecule has 8 nitrogen and oxygen atoms in total. The van der Waals surface area contributed by atoms with Crippen LogP contribution >= 0.6 is 0 Å². The lowest BCUT2D eigenvalue weighted by molar-refractivity contribution is 0.0479. The summed E-state index contributed by atoms with van der Waals surface area (Å²) >= 11 is 0. The zero-order chi connectivity index (χ0) is 22.6. The Balaban J connectivity index is 1.55. The minimum Gasteiger partial charge on any atom is -0.497 e. The van der Waals surface area contributed by atoms with Crippen LogP contribution in [0.5, 0.6) is 5.75 Å². The lowest BCUT2D eigenvalue weighted by atomic mass is 10.1. The Kier molecular flexibility index (Phi) is 7.17. The van der Waals surface area contributed by atoms with Gasteiger partial charge in [0.1, 0.15) is 5.75 Å². The van der Waals surface area contributed by atoms with E-state index in [1.54, 1.807) is 12.0 Å². The number of carbonyl (C=O) groups excluding carboxylic acids is 1. The molecule has 0 saturated carbocycles. The van der Waals surface area contributed by atoms with E-state index in [1.807, 2.05) is 24.3 Å². The van der Waals surface area contributed by atoms with Gasteiger partial charge in [-0.25, -0.2) is 8.42 Å². The number of furan rings is 1. The number of rotatable bonds is 8. The van der Waals surface area contributed by atoms with Crippen molar-refractivity contribution in [3.63, 3.8) is 0 Å². The van der Waals surface area contributed by atoms with E-state index in [1.165, 1.54) is 16.4 Å². The lowest BCUT2D eigenvalue weighted by Gasteiger charge is -2.25. The summed E-state index contributed by atoms with van der Waals surface area (Å²) in [5.74, 6) is 0.366. The highest BCUT2D eigenvalue weighted by molar-refractivity contribution is 7.89. The van der Waals surface area contributed by atoms with Crippen molar-refractivity contribution in [2.24, 2.45) is 0 Å². The summed E-state index contributed by atoms with van der Waals surface area (Å²) in [6.07, 6.45) is 4.50. The van der Waals surface area contributed by atoms with Gasteiger partial charge in [-0.15, -0.1) is 0 Å². The van der Waals surface area contributed by atoms with Crippen molar-refractivity contribution < 1.29 is 27.1 Å². The number of nitrogens with zero attached hydrogens (tertiary/aromatic N) is 2. The number of benzene rings is 1. The largest absolute Gasteiger partial charge is 0.497 e. The van der Waals surface area contributed by atoms with E-state index in [2.05, 4.69) is 0 Å². The van der Waals surface area contributed by atoms with Gasteiger partial charge in [0.2, 0.25) is 5.09 Å². The van der Waals surface area contributed by atoms with E-state index in [0.29, 0.717) is 38.5 Å². The predicted octanol–water partition coefficient (Wildman–Crippen LogP) is 3.28. The average Bonchev–Trinajstić information content (AvgIpc) is 3.52. The number of sulfonamides is 1. The zero-order valence-electron chi connectivity index (χ0n) is 18.4. The maximum Gasteiger partial charge on any atom is 0.290 e. The highest BCUT2D eigenvalue weighted by Crippen LogP contribution is 2.25. The maximum atomic E-state index is 13.3. The van der Waals surface area contributed by atoms with Crippen LogP contribution in [0.2, 0.25) is 0 Å². The molecule has 32 heavy (non-hydrogen) atoms. The van der Waals surface area contributed by atoms with Gasteiger partial charge in [-0.2, -0.15) is 4.31 Å². The number of amides is 1. The van der Waals surface area contributed by atoms with Crippen LogP contribution < -0.4 is 4.74 Å². The molecular weight excluding hydrogens is 432 g/mol. The molecule has 0 aliphatic carbocycles. The van der Waals surface area contributed by atoms with Crippen molar-refractivity contribution in [1.29, 1.82) is 0 Å². The van der Waals surface area contributed by atoms with Gasteiger partial charge >= 0.3 is 0 Å². The fraction of sp³-hybridized carbons (Fsp3) is 0.522. The van der Waals surface area contributed by atoms with Crippen LogP contribution in [0.25, 0.3) is 0 Å². The van der Waals surface area contributed by atoms with E-state index in [9.17, 15) is 13.2 Å². The summed E-state index contributed by atoms with van der Waals surface area (Å²) in [6.45, 7) is 2.39. The van der Waals surface area contributed by atoms with E-state index < -0.39 is 10.0 Å². The van der Waals surface area contributed by atoms with Gasteiger partial charge in [0, 0.05) is 32.8 Å². The molecule has 1 atom stereocenters. The number of hydrogen-bond donors (Lipinski definition) is 0. The molecule has 1 amide bonds. The number of ether oxygens (including phenoxy) is 2. The molecule has 4 rings (SSSR count). The highest BCUT2D eigenvalue weighted by atomic mass is 32.2. The molecule has 2 fully saturated rings. The topological polar surface area (TPSA) is 89.3 Å². The van der Waals surface area contributed by atoms with E-state index in [0.717, 1.165) is 37.7 Å². The van der Waals surface area contributed by atoms with Crippen LogP contribution in [0.1, 0.15) is 48.2 Å². The normalized spacial score (nSPS) is 19.7. The molecular formula is C23H30N2O6S. The van der Waals surface area contributed by atoms with Crippen LogP contribution in [-0.4, -0.2) is 63.0 Å². The average molecular weight is 463 g/mol. The second-order valence-corrected chi connectivity index (χ2v) is 10.1. The van der Waals surface area contributed by atoms with Crippen molar-refractivity contribution in [2.45, 2.75) is 49.8 Å². The smallest absolute Gasteiger partial charge is 0.290 e. The summed E-state index contributed by atoms with van der Waals surface area (Å²) in [4.78, 5) is 15.0. The Morgan fingerprint density at radius 3 is 2.69 bits per heavy atom. The van der Waals surface area contributed by atoms with Crippen molar-refractivity contribution in [2.75, 3.05) is 33.4 Å². The number of piperidine rings is 1. The molecule has 9 heteroatoms. The molecule has 1 aromatic carbocycles. The van der Waals surface area contributed by atoms with Gasteiger partial charge in [-0.05, 0) is 55.5 Å². The molecule has 3 heterocycles. The Hall–Kier alpha value is -2.36. The van der Waals surface area contributed by atoms with Crippen molar-refractivity contribution in [1.82, 2.24) is 9.21 Å². The first kappa shape index (κ1) is 22.8. The first-order valence-corrected chi connectivity index (χ1v) is 12.5. The Labute approximate surface area is 189 Å². The summed E-state index contributed by atoms with van der Waals surface area (Å²) in [5, 5.41) is -0.179. The first-order chi connectivity index (χ1) is 15.5. The fourth-order valence-corrected chi connectivity index (χ4v) is 5.64. The van der Waals surface area contributed by atoms with E-state index in [-0.39, 0.29) is 22.9 Å². The molecule has 0 radical (unpaired) electrons. The fourth-order valence-electron chi connectivity index (χ4n) is 4.21. The molecule has 1 unspecified atom stereocenters. The summed E-state index contributed by atoms with van der Waals surface area (Å²) in [5.41, 5.74) is 0.906. The summed E-state index contributed by atoms with van der Waals surface area (Å²) in [6, 6.07) is 10.4. The van der Waals surface area contributed by atoms with Crippen molar-refractivity contribution in [3.05, 3.63) is 47.7 Å². The number of carbonyl (C=O) groups is 1. The Morgan fingerprint density at radius 2 is 1.97 bits per heavy atom. The van der Waals surface area contributed by atoms with Crippen molar-refractivity contribution in [3.8, 4) is 5.75 Å². The number of methoxy groups -OCH3 is 1. The number of hydrogen-bond acceptors (Lipinski definition) is 6. The molecule has 174 valence electrons. The second-order valence-electron chi connectivity index (χ2n) is 8.26. The summed E-state index contributed by atoms with van der Waals surface area (Å²) < 4.78 is 43.9. The third-order valence-electron chi connectivity index (χ3n) is 5.94. The molecule has 0 bridgehead atoms. The van der Waals surface area contributed by atoms with Gasteiger partial charge in [0.05, 0.1) is 13.2 Å². The van der Waals surface area contributed by atoms with Crippen LogP contribution in [0.15, 0.2) is 45.9 Å². The molecule has 2 aliphatic rings. The predicted molar refractivity (Wildman–Crippen MR) is 118 cm³/mol. The van der Waals surface area contributed by atoms with Crippen LogP contribution in [0.3, 0.4) is 0 Å². The highest BCUT2D eigenvalue weighted by Gasteiger charge is 2.31. The van der Waals surface area contributed by atoms with Gasteiger partial charge in [-0.1, -0.05) is 18.6 Å². The molecule has 0 N–H and O–H groups in total. The minimum absolute atomic E-state index is 0.0153. The third kappa shape index (κ3) is 5.16. The Bertz CT molecular complexity index is 1020. The molecule has 2 aromatic rings. The molecule has 1 aromatic heterocycles. The summed E-state index contributed by atoms with van der Waals surface area (Å²) in [7, 11) is -2.14. The second kappa shape index (κ2) is 10.1. The lowest BCUT2D eigenvalue weighted by Crippen LogP contribution is -2.37. The van der Waals surface area contributed by atoms with Crippen molar-refractivity contribution >= 4 is 15.9 Å². The van der Waals surface area contributed by atoms with Gasteiger partial charge in [0.25, 0.3) is 15.9 Å². The molecule has 2 aliphatic heterocycles. The van der Waals surface area contributed by atoms with E-state index in [4.69, 9.17) is 13.9 Å². The third-order valence-corrected chi connectivity index (χ3v) is 7.72. The van der Waals surface area contributed by atoms with Crippen LogP contribution in [0.4, 0.5) is 0 Å². The standard InChI is InChI=1S/C23H30N2O6S/c1-29-19-8-5-7-18(15-19)16-24(17-20-9-6-14-30-20)23(26)21-10-11-22(31-21)32(27,28)25-12-3-2-4-13-25/h5,7-8,10-11,15,20H,2-4,6,9,12-14,16-17H2,1H3. The first-order valence-electron chi connectivity index (χ1n) is 11.1. The Morgan fingerprint density at radius 1 is 1.16 bits per heavy atom. The maximum absolute atomic E-state index is 13.3. The van der Waals surface area contributed by atoms with Crippen LogP contribution in [-0.2, 0) is 21.3 Å². The quantitative estimate of drug-likeness (QED) is 0.598. The SMILES string of the molecule is COc1cccc(CN(CC2CCCO2)C(=O)c2ccc(S(=O)(=O)N3CCCCC3)o2)c1. The molecule has 2 saturated heterocycles. The molecule has 0 spiro atoms. The van der Waals surface area contributed by atoms with Gasteiger partial charge in [-0.3, -0.25) is 4.79 Å². The van der Waals surface area contributed by atoms with E-state index >= 15 is 0 Å². The van der Waals surface area contributed by atoms with Crippen LogP contribution in [0, 0.1) is 0 Å². The van der Waals surface area contributed by atoms with Gasteiger partial charge in [0.15, 0.2) is 5.76 Å².